The Hall–Kier alpha value is -1.42. The van der Waals surface area contributed by atoms with Gasteiger partial charge >= 0.3 is 0 Å². The number of benzene rings is 1. The van der Waals surface area contributed by atoms with Gasteiger partial charge in [-0.1, -0.05) is 29.8 Å². The van der Waals surface area contributed by atoms with Gasteiger partial charge in [-0.05, 0) is 35.3 Å². The van der Waals surface area contributed by atoms with Gasteiger partial charge in [-0.15, -0.1) is 0 Å². The van der Waals surface area contributed by atoms with Gasteiger partial charge in [0.2, 0.25) is 0 Å². The second kappa shape index (κ2) is 5.27. The van der Waals surface area contributed by atoms with Crippen molar-refractivity contribution in [3.8, 4) is 0 Å². The van der Waals surface area contributed by atoms with Gasteiger partial charge in [0, 0.05) is 12.6 Å². The van der Waals surface area contributed by atoms with Crippen molar-refractivity contribution in [2.45, 2.75) is 20.4 Å². The zero-order valence-electron chi connectivity index (χ0n) is 9.87. The topological polar surface area (TPSA) is 37.8 Å². The highest BCUT2D eigenvalue weighted by Crippen LogP contribution is 2.13. The zero-order valence-corrected chi connectivity index (χ0v) is 11.5. The van der Waals surface area contributed by atoms with Crippen molar-refractivity contribution in [3.05, 3.63) is 51.9 Å². The molecule has 0 amide bonds. The number of nitrogens with zero attached hydrogens (tertiary/aromatic N) is 2. The van der Waals surface area contributed by atoms with E-state index in [1.54, 1.807) is 0 Å². The van der Waals surface area contributed by atoms with E-state index < -0.39 is 0 Å². The molecule has 0 aliphatic rings. The first-order valence-electron chi connectivity index (χ1n) is 5.44. The molecule has 4 heteroatoms. The third kappa shape index (κ3) is 3.53. The lowest BCUT2D eigenvalue weighted by atomic mass is 10.1. The van der Waals surface area contributed by atoms with E-state index in [0.29, 0.717) is 0 Å². The minimum absolute atomic E-state index is 0.756. The summed E-state index contributed by atoms with van der Waals surface area (Å²) in [5, 5.41) is 3.29. The van der Waals surface area contributed by atoms with Crippen molar-refractivity contribution >= 4 is 21.7 Å². The number of halogens is 1. The summed E-state index contributed by atoms with van der Waals surface area (Å²) in [5.74, 6) is 1.59. The van der Waals surface area contributed by atoms with Crippen molar-refractivity contribution in [3.63, 3.8) is 0 Å². The van der Waals surface area contributed by atoms with Crippen LogP contribution < -0.4 is 5.32 Å². The summed E-state index contributed by atoms with van der Waals surface area (Å²) in [6.45, 7) is 4.74. The molecule has 1 aromatic carbocycles. The summed E-state index contributed by atoms with van der Waals surface area (Å²) in [6, 6.07) is 10.3. The number of hydrogen-bond acceptors (Lipinski definition) is 3. The molecule has 0 atom stereocenters. The Morgan fingerprint density at radius 3 is 2.71 bits per heavy atom. The highest BCUT2D eigenvalue weighted by atomic mass is 79.9. The van der Waals surface area contributed by atoms with Crippen LogP contribution in [0.3, 0.4) is 0 Å². The molecule has 88 valence electrons. The summed E-state index contributed by atoms with van der Waals surface area (Å²) in [6.07, 6.45) is 0. The number of nitrogens with one attached hydrogen (secondary N) is 1. The van der Waals surface area contributed by atoms with Gasteiger partial charge in [-0.2, -0.15) is 0 Å². The molecule has 0 fully saturated rings. The first kappa shape index (κ1) is 12.0. The minimum atomic E-state index is 0.756. The van der Waals surface area contributed by atoms with Crippen molar-refractivity contribution in [1.29, 1.82) is 0 Å². The van der Waals surface area contributed by atoms with E-state index in [-0.39, 0.29) is 0 Å². The standard InChI is InChI=1S/C13H14BrN3/c1-9-4-3-5-11(6-9)8-15-13-7-12(14)16-10(2)17-13/h3-7H,8H2,1-2H3,(H,15,16,17). The van der Waals surface area contributed by atoms with Crippen LogP contribution in [0.5, 0.6) is 0 Å². The van der Waals surface area contributed by atoms with E-state index in [0.717, 1.165) is 22.8 Å². The van der Waals surface area contributed by atoms with E-state index in [2.05, 4.69) is 62.4 Å². The maximum atomic E-state index is 4.32. The molecule has 3 nitrogen and oxygen atoms in total. The van der Waals surface area contributed by atoms with Crippen LogP contribution in [0, 0.1) is 13.8 Å². The van der Waals surface area contributed by atoms with Crippen LogP contribution in [-0.4, -0.2) is 9.97 Å². The molecule has 0 aliphatic carbocycles. The van der Waals surface area contributed by atoms with Gasteiger partial charge in [0.25, 0.3) is 0 Å². The van der Waals surface area contributed by atoms with Crippen molar-refractivity contribution in [2.75, 3.05) is 5.32 Å². The maximum absolute atomic E-state index is 4.32. The monoisotopic (exact) mass is 291 g/mol. The molecule has 0 aliphatic heterocycles. The van der Waals surface area contributed by atoms with E-state index >= 15 is 0 Å². The Balaban J connectivity index is 2.07. The minimum Gasteiger partial charge on any atom is -0.366 e. The van der Waals surface area contributed by atoms with Gasteiger partial charge in [0.1, 0.15) is 16.2 Å². The molecular weight excluding hydrogens is 278 g/mol. The number of aromatic nitrogens is 2. The Bertz CT molecular complexity index is 506. The molecule has 0 bridgehead atoms. The summed E-state index contributed by atoms with van der Waals surface area (Å²) >= 11 is 3.36. The molecule has 0 saturated heterocycles. The summed E-state index contributed by atoms with van der Waals surface area (Å²) < 4.78 is 0.803. The molecule has 2 aromatic rings. The van der Waals surface area contributed by atoms with E-state index in [9.17, 15) is 0 Å². The molecule has 0 saturated carbocycles. The lowest BCUT2D eigenvalue weighted by Gasteiger charge is -2.07. The van der Waals surface area contributed by atoms with Crippen LogP contribution in [0.2, 0.25) is 0 Å². The van der Waals surface area contributed by atoms with Crippen LogP contribution in [0.25, 0.3) is 0 Å². The molecule has 1 heterocycles. The van der Waals surface area contributed by atoms with Crippen LogP contribution in [0.1, 0.15) is 17.0 Å². The Kier molecular flexibility index (Phi) is 3.74. The largest absolute Gasteiger partial charge is 0.366 e. The predicted molar refractivity (Wildman–Crippen MR) is 73.0 cm³/mol. The third-order valence-electron chi connectivity index (χ3n) is 2.36. The van der Waals surface area contributed by atoms with Crippen LogP contribution in [0.4, 0.5) is 5.82 Å². The molecule has 1 aromatic heterocycles. The number of rotatable bonds is 3. The maximum Gasteiger partial charge on any atom is 0.131 e. The summed E-state index contributed by atoms with van der Waals surface area (Å²) in [5.41, 5.74) is 2.52. The fourth-order valence-electron chi connectivity index (χ4n) is 1.64. The van der Waals surface area contributed by atoms with E-state index in [1.807, 2.05) is 13.0 Å². The number of hydrogen-bond donors (Lipinski definition) is 1. The average molecular weight is 292 g/mol. The van der Waals surface area contributed by atoms with Crippen LogP contribution >= 0.6 is 15.9 Å². The normalized spacial score (nSPS) is 10.3. The Labute approximate surface area is 109 Å². The second-order valence-electron chi connectivity index (χ2n) is 3.97. The van der Waals surface area contributed by atoms with Crippen LogP contribution in [0.15, 0.2) is 34.9 Å². The molecule has 0 unspecified atom stereocenters. The fraction of sp³-hybridized carbons (Fsp3) is 0.231. The van der Waals surface area contributed by atoms with Gasteiger partial charge < -0.3 is 5.32 Å². The highest BCUT2D eigenvalue weighted by Gasteiger charge is 1.99. The smallest absolute Gasteiger partial charge is 0.131 e. The molecule has 2 rings (SSSR count). The molecule has 0 spiro atoms. The molecule has 17 heavy (non-hydrogen) atoms. The second-order valence-corrected chi connectivity index (χ2v) is 4.78. The van der Waals surface area contributed by atoms with E-state index in [1.165, 1.54) is 11.1 Å². The average Bonchev–Trinajstić information content (AvgIpc) is 2.25. The van der Waals surface area contributed by atoms with Crippen LogP contribution in [-0.2, 0) is 6.54 Å². The van der Waals surface area contributed by atoms with Gasteiger partial charge in [-0.3, -0.25) is 0 Å². The SMILES string of the molecule is Cc1cccc(CNc2cc(Br)nc(C)n2)c1. The molecule has 1 N–H and O–H groups in total. The predicted octanol–water partition coefficient (Wildman–Crippen LogP) is 3.47. The van der Waals surface area contributed by atoms with Gasteiger partial charge in [-0.25, -0.2) is 9.97 Å². The lowest BCUT2D eigenvalue weighted by molar-refractivity contribution is 1.01. The van der Waals surface area contributed by atoms with Gasteiger partial charge in [0.05, 0.1) is 0 Å². The summed E-state index contributed by atoms with van der Waals surface area (Å²) in [4.78, 5) is 8.49. The van der Waals surface area contributed by atoms with Crippen molar-refractivity contribution in [2.24, 2.45) is 0 Å². The molecular formula is C13H14BrN3. The first-order chi connectivity index (χ1) is 8.13. The third-order valence-corrected chi connectivity index (χ3v) is 2.77. The lowest BCUT2D eigenvalue weighted by Crippen LogP contribution is -2.03. The van der Waals surface area contributed by atoms with Crippen molar-refractivity contribution in [1.82, 2.24) is 9.97 Å². The highest BCUT2D eigenvalue weighted by molar-refractivity contribution is 9.10. The van der Waals surface area contributed by atoms with E-state index in [4.69, 9.17) is 0 Å². The Morgan fingerprint density at radius 2 is 2.00 bits per heavy atom. The zero-order chi connectivity index (χ0) is 12.3. The first-order valence-corrected chi connectivity index (χ1v) is 6.23. The molecule has 0 radical (unpaired) electrons. The van der Waals surface area contributed by atoms with Gasteiger partial charge in [0.15, 0.2) is 0 Å². The number of anilines is 1. The number of aryl methyl sites for hydroxylation is 2. The fourth-order valence-corrected chi connectivity index (χ4v) is 2.11. The summed E-state index contributed by atoms with van der Waals surface area (Å²) in [7, 11) is 0. The quantitative estimate of drug-likeness (QED) is 0.880. The van der Waals surface area contributed by atoms with Crippen molar-refractivity contribution < 1.29 is 0 Å². The Morgan fingerprint density at radius 1 is 1.18 bits per heavy atom.